The van der Waals surface area contributed by atoms with E-state index in [4.69, 9.17) is 0 Å². The van der Waals surface area contributed by atoms with Gasteiger partial charge in [-0.25, -0.2) is 22.7 Å². The first-order chi connectivity index (χ1) is 10.4. The third-order valence-corrected chi connectivity index (χ3v) is 4.15. The molecule has 0 bridgehead atoms. The Kier molecular flexibility index (Phi) is 4.57. The van der Waals surface area contributed by atoms with Crippen molar-refractivity contribution in [1.29, 1.82) is 0 Å². The standard InChI is InChI=1S/C15H13NO5S/c1-11-7-5-6-10-13(11)14(17)21-15(18)16-22(19,20)12-8-3-2-4-9-12/h2-10H,1H3,(H,16,18). The predicted octanol–water partition coefficient (Wildman–Crippen LogP) is 2.25. The largest absolute Gasteiger partial charge is 0.429 e. The summed E-state index contributed by atoms with van der Waals surface area (Å²) in [5, 5.41) is 0. The summed E-state index contributed by atoms with van der Waals surface area (Å²) in [6.07, 6.45) is -1.35. The third-order valence-electron chi connectivity index (χ3n) is 2.82. The summed E-state index contributed by atoms with van der Waals surface area (Å²) in [4.78, 5) is 23.3. The SMILES string of the molecule is Cc1ccccc1C(=O)OC(=O)NS(=O)(=O)c1ccccc1. The summed E-state index contributed by atoms with van der Waals surface area (Å²) in [7, 11) is -4.07. The van der Waals surface area contributed by atoms with E-state index in [9.17, 15) is 18.0 Å². The molecule has 1 N–H and O–H groups in total. The molecule has 2 rings (SSSR count). The van der Waals surface area contributed by atoms with Crippen LogP contribution in [0.25, 0.3) is 0 Å². The number of ether oxygens (including phenoxy) is 1. The Morgan fingerprint density at radius 3 is 2.18 bits per heavy atom. The third kappa shape index (κ3) is 3.70. The van der Waals surface area contributed by atoms with Gasteiger partial charge in [-0.1, -0.05) is 36.4 Å². The highest BCUT2D eigenvalue weighted by atomic mass is 32.2. The second-order valence-electron chi connectivity index (χ2n) is 4.41. The molecule has 0 unspecified atom stereocenters. The molecule has 0 radical (unpaired) electrons. The number of hydrogen-bond acceptors (Lipinski definition) is 5. The van der Waals surface area contributed by atoms with E-state index in [1.54, 1.807) is 35.9 Å². The van der Waals surface area contributed by atoms with Crippen molar-refractivity contribution in [3.05, 3.63) is 65.7 Å². The van der Waals surface area contributed by atoms with Crippen LogP contribution in [-0.2, 0) is 14.8 Å². The number of hydrogen-bond donors (Lipinski definition) is 1. The van der Waals surface area contributed by atoms with Crippen molar-refractivity contribution in [3.63, 3.8) is 0 Å². The van der Waals surface area contributed by atoms with Gasteiger partial charge < -0.3 is 4.74 Å². The van der Waals surface area contributed by atoms with Crippen LogP contribution in [0.2, 0.25) is 0 Å². The number of benzene rings is 2. The first kappa shape index (κ1) is 15.7. The average Bonchev–Trinajstić information content (AvgIpc) is 2.47. The van der Waals surface area contributed by atoms with Gasteiger partial charge in [-0.3, -0.25) is 0 Å². The summed E-state index contributed by atoms with van der Waals surface area (Å²) in [6.45, 7) is 1.68. The lowest BCUT2D eigenvalue weighted by Crippen LogP contribution is -2.32. The lowest BCUT2D eigenvalue weighted by Gasteiger charge is -2.07. The molecular formula is C15H13NO5S. The van der Waals surface area contributed by atoms with E-state index >= 15 is 0 Å². The van der Waals surface area contributed by atoms with E-state index in [-0.39, 0.29) is 10.5 Å². The topological polar surface area (TPSA) is 89.5 Å². The Balaban J connectivity index is 2.08. The van der Waals surface area contributed by atoms with Gasteiger partial charge >= 0.3 is 12.1 Å². The van der Waals surface area contributed by atoms with Crippen LogP contribution >= 0.6 is 0 Å². The highest BCUT2D eigenvalue weighted by Crippen LogP contribution is 2.10. The Bertz CT molecular complexity index is 800. The van der Waals surface area contributed by atoms with Crippen molar-refractivity contribution in [2.75, 3.05) is 0 Å². The highest BCUT2D eigenvalue weighted by molar-refractivity contribution is 7.90. The van der Waals surface area contributed by atoms with Gasteiger partial charge in [-0.15, -0.1) is 0 Å². The van der Waals surface area contributed by atoms with E-state index in [1.165, 1.54) is 30.3 Å². The fourth-order valence-corrected chi connectivity index (χ4v) is 2.62. The van der Waals surface area contributed by atoms with Gasteiger partial charge in [0.25, 0.3) is 10.0 Å². The zero-order chi connectivity index (χ0) is 16.2. The Labute approximate surface area is 127 Å². The first-order valence-electron chi connectivity index (χ1n) is 6.30. The summed E-state index contributed by atoms with van der Waals surface area (Å²) in [5.74, 6) is -0.918. The lowest BCUT2D eigenvalue weighted by molar-refractivity contribution is 0.0631. The fraction of sp³-hybridized carbons (Fsp3) is 0.0667. The molecule has 2 aromatic rings. The van der Waals surface area contributed by atoms with Crippen LogP contribution in [0.4, 0.5) is 4.79 Å². The van der Waals surface area contributed by atoms with E-state index in [2.05, 4.69) is 4.74 Å². The Morgan fingerprint density at radius 2 is 1.55 bits per heavy atom. The number of esters is 1. The van der Waals surface area contributed by atoms with Crippen molar-refractivity contribution in [2.24, 2.45) is 0 Å². The van der Waals surface area contributed by atoms with Crippen LogP contribution in [0, 0.1) is 6.92 Å². The van der Waals surface area contributed by atoms with Gasteiger partial charge in [-0.2, -0.15) is 0 Å². The number of sulfonamides is 1. The molecule has 114 valence electrons. The maximum absolute atomic E-state index is 11.9. The molecule has 0 aliphatic heterocycles. The molecule has 22 heavy (non-hydrogen) atoms. The quantitative estimate of drug-likeness (QED) is 0.692. The van der Waals surface area contributed by atoms with Crippen LogP contribution in [0.5, 0.6) is 0 Å². The van der Waals surface area contributed by atoms with Crippen molar-refractivity contribution >= 4 is 22.1 Å². The fourth-order valence-electron chi connectivity index (χ4n) is 1.73. The molecule has 0 fully saturated rings. The monoisotopic (exact) mass is 319 g/mol. The number of carbonyl (C=O) groups excluding carboxylic acids is 2. The van der Waals surface area contributed by atoms with Crippen LogP contribution < -0.4 is 4.72 Å². The normalized spacial score (nSPS) is 10.8. The van der Waals surface area contributed by atoms with Gasteiger partial charge in [0.1, 0.15) is 0 Å². The molecule has 2 aromatic carbocycles. The molecule has 0 atom stereocenters. The molecule has 6 nitrogen and oxygen atoms in total. The number of nitrogens with one attached hydrogen (secondary N) is 1. The number of aryl methyl sites for hydroxylation is 1. The minimum atomic E-state index is -4.07. The zero-order valence-electron chi connectivity index (χ0n) is 11.6. The molecule has 1 amide bonds. The summed E-state index contributed by atoms with van der Waals surface area (Å²) >= 11 is 0. The van der Waals surface area contributed by atoms with Crippen LogP contribution in [0.15, 0.2) is 59.5 Å². The second kappa shape index (κ2) is 6.40. The molecule has 0 heterocycles. The Hall–Kier alpha value is -2.67. The maximum Gasteiger partial charge on any atom is 0.429 e. The second-order valence-corrected chi connectivity index (χ2v) is 6.09. The molecule has 0 aromatic heterocycles. The molecule has 0 saturated carbocycles. The van der Waals surface area contributed by atoms with Crippen molar-refractivity contribution in [2.45, 2.75) is 11.8 Å². The summed E-state index contributed by atoms with van der Waals surface area (Å²) in [5.41, 5.74) is 0.806. The Morgan fingerprint density at radius 1 is 0.955 bits per heavy atom. The minimum absolute atomic E-state index is 0.102. The van der Waals surface area contributed by atoms with Gasteiger partial charge in [0.15, 0.2) is 0 Å². The minimum Gasteiger partial charge on any atom is -0.372 e. The van der Waals surface area contributed by atoms with E-state index in [0.29, 0.717) is 5.56 Å². The summed E-state index contributed by atoms with van der Waals surface area (Å²) in [6, 6.07) is 13.8. The average molecular weight is 319 g/mol. The molecule has 0 aliphatic rings. The van der Waals surface area contributed by atoms with Crippen molar-refractivity contribution in [1.82, 2.24) is 4.72 Å². The lowest BCUT2D eigenvalue weighted by atomic mass is 10.1. The molecule has 0 spiro atoms. The van der Waals surface area contributed by atoms with Gasteiger partial charge in [-0.05, 0) is 30.7 Å². The zero-order valence-corrected chi connectivity index (χ0v) is 12.5. The van der Waals surface area contributed by atoms with Crippen molar-refractivity contribution < 1.29 is 22.7 Å². The smallest absolute Gasteiger partial charge is 0.372 e. The van der Waals surface area contributed by atoms with Crippen LogP contribution in [0.1, 0.15) is 15.9 Å². The molecule has 0 aliphatic carbocycles. The first-order valence-corrected chi connectivity index (χ1v) is 7.78. The van der Waals surface area contributed by atoms with Gasteiger partial charge in [0.05, 0.1) is 10.5 Å². The van der Waals surface area contributed by atoms with Gasteiger partial charge in [0, 0.05) is 0 Å². The number of rotatable bonds is 3. The van der Waals surface area contributed by atoms with Crippen LogP contribution in [0.3, 0.4) is 0 Å². The van der Waals surface area contributed by atoms with Gasteiger partial charge in [0.2, 0.25) is 0 Å². The molecular weight excluding hydrogens is 306 g/mol. The van der Waals surface area contributed by atoms with E-state index < -0.39 is 22.1 Å². The van der Waals surface area contributed by atoms with Crippen LogP contribution in [-0.4, -0.2) is 20.5 Å². The van der Waals surface area contributed by atoms with Crippen molar-refractivity contribution in [3.8, 4) is 0 Å². The molecule has 7 heteroatoms. The van der Waals surface area contributed by atoms with E-state index in [0.717, 1.165) is 0 Å². The van der Waals surface area contributed by atoms with E-state index in [1.807, 2.05) is 0 Å². The molecule has 0 saturated heterocycles. The number of amides is 1. The maximum atomic E-state index is 11.9. The predicted molar refractivity (Wildman–Crippen MR) is 78.8 cm³/mol. The highest BCUT2D eigenvalue weighted by Gasteiger charge is 2.21. The number of carbonyl (C=O) groups is 2. The summed E-state index contributed by atoms with van der Waals surface area (Å²) < 4.78 is 30.0.